The van der Waals surface area contributed by atoms with Crippen molar-refractivity contribution in [3.8, 4) is 0 Å². The molecule has 0 bridgehead atoms. The number of ether oxygens (including phenoxy) is 2. The van der Waals surface area contributed by atoms with Gasteiger partial charge in [0.1, 0.15) is 0 Å². The van der Waals surface area contributed by atoms with Crippen LogP contribution < -0.4 is 5.32 Å². The quantitative estimate of drug-likeness (QED) is 0.521. The predicted molar refractivity (Wildman–Crippen MR) is 102 cm³/mol. The highest BCUT2D eigenvalue weighted by molar-refractivity contribution is 5.94. The maximum atomic E-state index is 12.1. The molecule has 1 aromatic carbocycles. The van der Waals surface area contributed by atoms with E-state index < -0.39 is 0 Å². The number of hydrogen-bond donors (Lipinski definition) is 2. The number of aliphatic hydroxyl groups excluding tert-OH is 1. The first-order valence-corrected chi connectivity index (χ1v) is 10.0. The second kappa shape index (κ2) is 12.8. The number of hydrogen-bond acceptors (Lipinski definition) is 4. The van der Waals surface area contributed by atoms with Crippen LogP contribution in [0.1, 0.15) is 80.0 Å². The summed E-state index contributed by atoms with van der Waals surface area (Å²) in [4.78, 5) is 12.1. The van der Waals surface area contributed by atoms with Crippen LogP contribution in [0.3, 0.4) is 0 Å². The highest BCUT2D eigenvalue weighted by Crippen LogP contribution is 2.23. The van der Waals surface area contributed by atoms with Gasteiger partial charge in [-0.25, -0.2) is 0 Å². The molecule has 0 aromatic heterocycles. The molecule has 1 saturated heterocycles. The van der Waals surface area contributed by atoms with Crippen LogP contribution in [0, 0.1) is 0 Å². The molecule has 5 nitrogen and oxygen atoms in total. The van der Waals surface area contributed by atoms with Crippen molar-refractivity contribution in [1.29, 1.82) is 0 Å². The molecule has 26 heavy (non-hydrogen) atoms. The normalized spacial score (nSPS) is 14.7. The lowest BCUT2D eigenvalue weighted by molar-refractivity contribution is -0.0441. The summed E-state index contributed by atoms with van der Waals surface area (Å²) in [5.74, 6) is -0.0197. The van der Waals surface area contributed by atoms with E-state index in [4.69, 9.17) is 14.6 Å². The Labute approximate surface area is 157 Å². The number of aliphatic hydroxyl groups is 1. The number of unbranched alkanes of at least 4 members (excludes halogenated alkanes) is 8. The Bertz CT molecular complexity index is 497. The molecule has 1 aliphatic rings. The summed E-state index contributed by atoms with van der Waals surface area (Å²) < 4.78 is 10.9. The Morgan fingerprint density at radius 2 is 1.42 bits per heavy atom. The Kier molecular flexibility index (Phi) is 10.3. The molecule has 2 rings (SSSR count). The Balaban J connectivity index is 1.49. The van der Waals surface area contributed by atoms with Gasteiger partial charge in [0, 0.05) is 24.3 Å². The van der Waals surface area contributed by atoms with Crippen molar-refractivity contribution in [3.05, 3.63) is 35.4 Å². The standard InChI is InChI=1S/C21H33NO4/c23-15-9-7-5-3-1-2-4-6-8-14-22-20(24)18-10-12-19(13-11-18)21-25-16-17-26-21/h10-13,21,23H,1-9,14-17H2,(H,22,24). The van der Waals surface area contributed by atoms with Gasteiger partial charge in [0.05, 0.1) is 13.2 Å². The first kappa shape index (κ1) is 20.9. The third kappa shape index (κ3) is 7.85. The van der Waals surface area contributed by atoms with E-state index in [1.807, 2.05) is 24.3 Å². The highest BCUT2D eigenvalue weighted by atomic mass is 16.7. The molecular weight excluding hydrogens is 330 g/mol. The van der Waals surface area contributed by atoms with Crippen LogP contribution in [0.15, 0.2) is 24.3 Å². The number of benzene rings is 1. The fourth-order valence-corrected chi connectivity index (χ4v) is 3.12. The van der Waals surface area contributed by atoms with Crippen LogP contribution in [-0.2, 0) is 9.47 Å². The molecule has 1 amide bonds. The smallest absolute Gasteiger partial charge is 0.251 e. The van der Waals surface area contributed by atoms with E-state index in [9.17, 15) is 4.79 Å². The third-order valence-corrected chi connectivity index (χ3v) is 4.69. The van der Waals surface area contributed by atoms with Gasteiger partial charge in [0.15, 0.2) is 6.29 Å². The van der Waals surface area contributed by atoms with Gasteiger partial charge in [-0.2, -0.15) is 0 Å². The van der Waals surface area contributed by atoms with Gasteiger partial charge < -0.3 is 19.9 Å². The van der Waals surface area contributed by atoms with Crippen molar-refractivity contribution < 1.29 is 19.4 Å². The van der Waals surface area contributed by atoms with Gasteiger partial charge in [-0.3, -0.25) is 4.79 Å². The first-order chi connectivity index (χ1) is 12.8. The molecule has 0 aliphatic carbocycles. The fourth-order valence-electron chi connectivity index (χ4n) is 3.12. The predicted octanol–water partition coefficient (Wildman–Crippen LogP) is 3.97. The minimum Gasteiger partial charge on any atom is -0.396 e. The number of carbonyl (C=O) groups is 1. The van der Waals surface area contributed by atoms with Gasteiger partial charge in [0.2, 0.25) is 0 Å². The lowest BCUT2D eigenvalue weighted by atomic mass is 10.1. The summed E-state index contributed by atoms with van der Waals surface area (Å²) in [5.41, 5.74) is 1.63. The van der Waals surface area contributed by atoms with Crippen LogP contribution >= 0.6 is 0 Å². The maximum Gasteiger partial charge on any atom is 0.251 e. The third-order valence-electron chi connectivity index (χ3n) is 4.69. The van der Waals surface area contributed by atoms with E-state index in [1.165, 1.54) is 32.1 Å². The number of amides is 1. The molecule has 1 aliphatic heterocycles. The van der Waals surface area contributed by atoms with E-state index in [-0.39, 0.29) is 12.2 Å². The molecule has 146 valence electrons. The zero-order valence-electron chi connectivity index (χ0n) is 15.8. The molecule has 0 radical (unpaired) electrons. The summed E-state index contributed by atoms with van der Waals surface area (Å²) in [7, 11) is 0. The van der Waals surface area contributed by atoms with Crippen molar-refractivity contribution in [1.82, 2.24) is 5.32 Å². The van der Waals surface area contributed by atoms with Crippen LogP contribution in [0.5, 0.6) is 0 Å². The Morgan fingerprint density at radius 3 is 2.00 bits per heavy atom. The van der Waals surface area contributed by atoms with E-state index in [0.29, 0.717) is 25.4 Å². The molecular formula is C21H33NO4. The molecule has 5 heteroatoms. The van der Waals surface area contributed by atoms with Crippen molar-refractivity contribution in [3.63, 3.8) is 0 Å². The largest absolute Gasteiger partial charge is 0.396 e. The lowest BCUT2D eigenvalue weighted by Gasteiger charge is -2.10. The molecule has 2 N–H and O–H groups in total. The average Bonchev–Trinajstić information content (AvgIpc) is 3.21. The molecule has 0 saturated carbocycles. The summed E-state index contributed by atoms with van der Waals surface area (Å²) in [6.07, 6.45) is 10.2. The van der Waals surface area contributed by atoms with E-state index in [1.54, 1.807) is 0 Å². The number of nitrogens with one attached hydrogen (secondary N) is 1. The van der Waals surface area contributed by atoms with Crippen LogP contribution in [0.2, 0.25) is 0 Å². The van der Waals surface area contributed by atoms with Crippen LogP contribution in [0.25, 0.3) is 0 Å². The first-order valence-electron chi connectivity index (χ1n) is 10.0. The minimum absolute atomic E-state index is 0.0197. The maximum absolute atomic E-state index is 12.1. The lowest BCUT2D eigenvalue weighted by Crippen LogP contribution is -2.24. The molecule has 0 spiro atoms. The van der Waals surface area contributed by atoms with Crippen molar-refractivity contribution >= 4 is 5.91 Å². The van der Waals surface area contributed by atoms with Crippen molar-refractivity contribution in [2.75, 3.05) is 26.4 Å². The highest BCUT2D eigenvalue weighted by Gasteiger charge is 2.18. The van der Waals surface area contributed by atoms with Crippen LogP contribution in [-0.4, -0.2) is 37.4 Å². The van der Waals surface area contributed by atoms with Gasteiger partial charge in [-0.05, 0) is 25.0 Å². The zero-order chi connectivity index (χ0) is 18.5. The zero-order valence-corrected chi connectivity index (χ0v) is 15.8. The second-order valence-electron chi connectivity index (χ2n) is 6.86. The molecule has 1 fully saturated rings. The molecule has 1 heterocycles. The monoisotopic (exact) mass is 363 g/mol. The van der Waals surface area contributed by atoms with Crippen molar-refractivity contribution in [2.45, 2.75) is 64.1 Å². The Morgan fingerprint density at radius 1 is 0.885 bits per heavy atom. The van der Waals surface area contributed by atoms with Gasteiger partial charge in [0.25, 0.3) is 5.91 Å². The van der Waals surface area contributed by atoms with Gasteiger partial charge in [-0.1, -0.05) is 57.1 Å². The topological polar surface area (TPSA) is 67.8 Å². The van der Waals surface area contributed by atoms with E-state index >= 15 is 0 Å². The molecule has 0 unspecified atom stereocenters. The minimum atomic E-state index is -0.290. The average molecular weight is 363 g/mol. The van der Waals surface area contributed by atoms with Crippen LogP contribution in [0.4, 0.5) is 0 Å². The molecule has 0 atom stereocenters. The number of carbonyl (C=O) groups excluding carboxylic acids is 1. The van der Waals surface area contributed by atoms with Crippen molar-refractivity contribution in [2.24, 2.45) is 0 Å². The summed E-state index contributed by atoms with van der Waals surface area (Å²) in [6.45, 7) is 2.29. The van der Waals surface area contributed by atoms with Gasteiger partial charge >= 0.3 is 0 Å². The Hall–Kier alpha value is -1.43. The summed E-state index contributed by atoms with van der Waals surface area (Å²) in [6, 6.07) is 7.44. The second-order valence-corrected chi connectivity index (χ2v) is 6.86. The van der Waals surface area contributed by atoms with E-state index in [2.05, 4.69) is 5.32 Å². The number of rotatable bonds is 13. The van der Waals surface area contributed by atoms with Gasteiger partial charge in [-0.15, -0.1) is 0 Å². The summed E-state index contributed by atoms with van der Waals surface area (Å²) in [5, 5.41) is 11.7. The van der Waals surface area contributed by atoms with E-state index in [0.717, 1.165) is 37.8 Å². The molecule has 1 aromatic rings. The fraction of sp³-hybridized carbons (Fsp3) is 0.667. The SMILES string of the molecule is O=C(NCCCCCCCCCCCO)c1ccc(C2OCCO2)cc1. The summed E-state index contributed by atoms with van der Waals surface area (Å²) >= 11 is 0.